The van der Waals surface area contributed by atoms with Gasteiger partial charge < -0.3 is 10.1 Å². The van der Waals surface area contributed by atoms with Crippen LogP contribution in [0.4, 0.5) is 28.9 Å². The lowest BCUT2D eigenvalue weighted by Gasteiger charge is -2.11. The van der Waals surface area contributed by atoms with Crippen molar-refractivity contribution < 1.29 is 32.0 Å². The number of non-ortho nitro benzene ring substituents is 1. The number of carbonyl (C=O) groups is 1. The van der Waals surface area contributed by atoms with E-state index in [1.807, 2.05) is 13.0 Å². The number of rotatable bonds is 8. The van der Waals surface area contributed by atoms with Gasteiger partial charge in [-0.25, -0.2) is 17.6 Å². The Balaban J connectivity index is 1.85. The standard InChI is InChI=1S/C20H15ClF4N4O4/c1-10-3-2-4-13(5-10)33-14-7-11(6-12(8-14)29(31)32)26-15(30)9-28-18(20(24)25)16(21)17(27-28)19(22)23/h2-8,19-20H,9H2,1H3,(H,26,30). The highest BCUT2D eigenvalue weighted by Crippen LogP contribution is 2.35. The lowest BCUT2D eigenvalue weighted by atomic mass is 10.2. The minimum absolute atomic E-state index is 0.0282. The van der Waals surface area contributed by atoms with Crippen LogP contribution >= 0.6 is 11.6 Å². The molecule has 8 nitrogen and oxygen atoms in total. The van der Waals surface area contributed by atoms with E-state index in [-0.39, 0.29) is 11.4 Å². The van der Waals surface area contributed by atoms with Crippen molar-refractivity contribution in [2.24, 2.45) is 0 Å². The number of nitrogens with zero attached hydrogens (tertiary/aromatic N) is 3. The second kappa shape index (κ2) is 9.86. The maximum Gasteiger partial charge on any atom is 0.283 e. The van der Waals surface area contributed by atoms with Gasteiger partial charge in [0.05, 0.1) is 21.7 Å². The number of aryl methyl sites for hydroxylation is 1. The second-order valence-electron chi connectivity index (χ2n) is 6.78. The van der Waals surface area contributed by atoms with E-state index in [1.54, 1.807) is 18.2 Å². The highest BCUT2D eigenvalue weighted by molar-refractivity contribution is 6.32. The fraction of sp³-hybridized carbons (Fsp3) is 0.200. The molecule has 0 radical (unpaired) electrons. The smallest absolute Gasteiger partial charge is 0.283 e. The molecule has 174 valence electrons. The number of hydrogen-bond donors (Lipinski definition) is 1. The Hall–Kier alpha value is -3.67. The summed E-state index contributed by atoms with van der Waals surface area (Å²) in [6, 6.07) is 10.3. The number of hydrogen-bond acceptors (Lipinski definition) is 5. The highest BCUT2D eigenvalue weighted by Gasteiger charge is 2.28. The summed E-state index contributed by atoms with van der Waals surface area (Å²) in [7, 11) is 0. The van der Waals surface area contributed by atoms with E-state index in [4.69, 9.17) is 16.3 Å². The molecule has 1 heterocycles. The van der Waals surface area contributed by atoms with Gasteiger partial charge in [-0.05, 0) is 24.6 Å². The van der Waals surface area contributed by atoms with Crippen LogP contribution in [0, 0.1) is 17.0 Å². The first-order chi connectivity index (χ1) is 15.5. The van der Waals surface area contributed by atoms with Crippen LogP contribution in [0.25, 0.3) is 0 Å². The molecule has 0 fully saturated rings. The molecule has 0 saturated carbocycles. The Morgan fingerprint density at radius 3 is 2.52 bits per heavy atom. The first kappa shape index (κ1) is 24.0. The molecular weight excluding hydrogens is 472 g/mol. The van der Waals surface area contributed by atoms with Crippen LogP contribution in [0.3, 0.4) is 0 Å². The molecule has 3 rings (SSSR count). The van der Waals surface area contributed by atoms with Gasteiger partial charge in [0.2, 0.25) is 5.91 Å². The molecule has 3 aromatic rings. The third kappa shape index (κ3) is 5.77. The van der Waals surface area contributed by atoms with E-state index in [9.17, 15) is 32.5 Å². The minimum atomic E-state index is -3.27. The van der Waals surface area contributed by atoms with Gasteiger partial charge in [-0.2, -0.15) is 5.10 Å². The Bertz CT molecular complexity index is 1200. The summed E-state index contributed by atoms with van der Waals surface area (Å²) in [5, 5.41) is 15.9. The number of nitro groups is 1. The van der Waals surface area contributed by atoms with Crippen molar-refractivity contribution in [3.05, 3.63) is 74.6 Å². The van der Waals surface area contributed by atoms with Gasteiger partial charge in [0.1, 0.15) is 29.4 Å². The summed E-state index contributed by atoms with van der Waals surface area (Å²) in [6.07, 6.45) is -6.49. The Kier molecular flexibility index (Phi) is 7.16. The molecule has 0 spiro atoms. The zero-order valence-corrected chi connectivity index (χ0v) is 17.5. The maximum absolute atomic E-state index is 13.3. The molecule has 13 heteroatoms. The quantitative estimate of drug-likeness (QED) is 0.237. The predicted molar refractivity (Wildman–Crippen MR) is 110 cm³/mol. The van der Waals surface area contributed by atoms with Gasteiger partial charge in [-0.3, -0.25) is 19.6 Å². The van der Waals surface area contributed by atoms with Crippen LogP contribution in [0.15, 0.2) is 42.5 Å². The number of benzene rings is 2. The lowest BCUT2D eigenvalue weighted by molar-refractivity contribution is -0.384. The van der Waals surface area contributed by atoms with E-state index >= 15 is 0 Å². The summed E-state index contributed by atoms with van der Waals surface area (Å²) >= 11 is 5.56. The van der Waals surface area contributed by atoms with Crippen molar-refractivity contribution in [2.75, 3.05) is 5.32 Å². The summed E-state index contributed by atoms with van der Waals surface area (Å²) in [5.74, 6) is -0.542. The largest absolute Gasteiger partial charge is 0.457 e. The molecule has 1 N–H and O–H groups in total. The lowest BCUT2D eigenvalue weighted by Crippen LogP contribution is -2.21. The van der Waals surface area contributed by atoms with E-state index in [1.165, 1.54) is 6.07 Å². The minimum Gasteiger partial charge on any atom is -0.457 e. The van der Waals surface area contributed by atoms with Crippen molar-refractivity contribution in [1.82, 2.24) is 9.78 Å². The molecule has 1 aromatic heterocycles. The molecule has 0 aliphatic rings. The summed E-state index contributed by atoms with van der Waals surface area (Å²) in [4.78, 5) is 22.9. The average molecular weight is 487 g/mol. The maximum atomic E-state index is 13.3. The van der Waals surface area contributed by atoms with Crippen molar-refractivity contribution in [2.45, 2.75) is 26.3 Å². The number of anilines is 1. The van der Waals surface area contributed by atoms with E-state index in [0.717, 1.165) is 17.7 Å². The average Bonchev–Trinajstić information content (AvgIpc) is 3.03. The molecule has 0 aliphatic heterocycles. The third-order valence-electron chi connectivity index (χ3n) is 4.27. The Labute approximate surface area is 188 Å². The van der Waals surface area contributed by atoms with Gasteiger partial charge in [-0.1, -0.05) is 23.7 Å². The molecule has 0 unspecified atom stereocenters. The fourth-order valence-corrected chi connectivity index (χ4v) is 3.21. The summed E-state index contributed by atoms with van der Waals surface area (Å²) in [6.45, 7) is 0.934. The third-order valence-corrected chi connectivity index (χ3v) is 4.66. The van der Waals surface area contributed by atoms with Crippen molar-refractivity contribution in [1.29, 1.82) is 0 Å². The number of nitrogens with one attached hydrogen (secondary N) is 1. The van der Waals surface area contributed by atoms with Gasteiger partial charge in [-0.15, -0.1) is 0 Å². The fourth-order valence-electron chi connectivity index (χ4n) is 2.91. The Morgan fingerprint density at radius 1 is 1.18 bits per heavy atom. The monoisotopic (exact) mass is 486 g/mol. The second-order valence-corrected chi connectivity index (χ2v) is 7.16. The molecule has 0 bridgehead atoms. The van der Waals surface area contributed by atoms with E-state index < -0.39 is 52.3 Å². The molecule has 33 heavy (non-hydrogen) atoms. The van der Waals surface area contributed by atoms with Crippen molar-refractivity contribution in [3.8, 4) is 11.5 Å². The molecule has 0 aliphatic carbocycles. The number of halogens is 5. The topological polar surface area (TPSA) is 99.3 Å². The van der Waals surface area contributed by atoms with Gasteiger partial charge in [0.25, 0.3) is 18.5 Å². The molecular formula is C20H15ClF4N4O4. The highest BCUT2D eigenvalue weighted by atomic mass is 35.5. The number of nitro benzene ring substituents is 1. The van der Waals surface area contributed by atoms with Crippen LogP contribution in [0.2, 0.25) is 5.02 Å². The zero-order valence-electron chi connectivity index (χ0n) is 16.8. The van der Waals surface area contributed by atoms with Crippen molar-refractivity contribution >= 4 is 28.9 Å². The van der Waals surface area contributed by atoms with Crippen LogP contribution < -0.4 is 10.1 Å². The van der Waals surface area contributed by atoms with Crippen LogP contribution in [-0.4, -0.2) is 20.6 Å². The first-order valence-electron chi connectivity index (χ1n) is 9.21. The molecule has 0 atom stereocenters. The van der Waals surface area contributed by atoms with Gasteiger partial charge in [0.15, 0.2) is 0 Å². The Morgan fingerprint density at radius 2 is 1.91 bits per heavy atom. The molecule has 1 amide bonds. The number of aromatic nitrogens is 2. The SMILES string of the molecule is Cc1cccc(Oc2cc(NC(=O)Cn3nc(C(F)F)c(Cl)c3C(F)F)cc([N+](=O)[O-])c2)c1. The van der Waals surface area contributed by atoms with Gasteiger partial charge >= 0.3 is 0 Å². The molecule has 0 saturated heterocycles. The van der Waals surface area contributed by atoms with E-state index in [0.29, 0.717) is 10.4 Å². The van der Waals surface area contributed by atoms with Gasteiger partial charge in [0, 0.05) is 12.1 Å². The predicted octanol–water partition coefficient (Wildman–Crippen LogP) is 6.06. The summed E-state index contributed by atoms with van der Waals surface area (Å²) in [5.41, 5.74) is -1.73. The van der Waals surface area contributed by atoms with Crippen molar-refractivity contribution in [3.63, 3.8) is 0 Å². The normalized spacial score (nSPS) is 11.2. The van der Waals surface area contributed by atoms with E-state index in [2.05, 4.69) is 10.4 Å². The van der Waals surface area contributed by atoms with Crippen LogP contribution in [0.1, 0.15) is 29.8 Å². The number of carbonyl (C=O) groups excluding carboxylic acids is 1. The number of ether oxygens (including phenoxy) is 1. The molecule has 2 aromatic carbocycles. The number of alkyl halides is 4. The zero-order chi connectivity index (χ0) is 24.3. The van der Waals surface area contributed by atoms with Crippen LogP contribution in [0.5, 0.6) is 11.5 Å². The van der Waals surface area contributed by atoms with Crippen LogP contribution in [-0.2, 0) is 11.3 Å². The first-order valence-corrected chi connectivity index (χ1v) is 9.59. The number of amides is 1. The summed E-state index contributed by atoms with van der Waals surface area (Å²) < 4.78 is 58.4.